The van der Waals surface area contributed by atoms with Crippen LogP contribution in [0.15, 0.2) is 12.1 Å². The van der Waals surface area contributed by atoms with Gasteiger partial charge < -0.3 is 9.47 Å². The molecule has 1 aliphatic carbocycles. The maximum absolute atomic E-state index is 13.8. The van der Waals surface area contributed by atoms with Gasteiger partial charge >= 0.3 is 11.7 Å². The van der Waals surface area contributed by atoms with Gasteiger partial charge in [0.2, 0.25) is 5.82 Å². The molecule has 0 spiro atoms. The second kappa shape index (κ2) is 5.63. The lowest BCUT2D eigenvalue weighted by Gasteiger charge is -2.41. The Bertz CT molecular complexity index is 586. The van der Waals surface area contributed by atoms with Crippen LogP contribution in [0.2, 0.25) is 0 Å². The first-order valence-electron chi connectivity index (χ1n) is 6.26. The average Bonchev–Trinajstić information content (AvgIpc) is 2.39. The third kappa shape index (κ3) is 3.09. The summed E-state index contributed by atoms with van der Waals surface area (Å²) in [6.07, 6.45) is 1.70. The van der Waals surface area contributed by atoms with Crippen LogP contribution in [0.1, 0.15) is 25.7 Å². The Morgan fingerprint density at radius 1 is 1.38 bits per heavy atom. The van der Waals surface area contributed by atoms with E-state index >= 15 is 0 Å². The first-order valence-corrected chi connectivity index (χ1v) is 6.26. The van der Waals surface area contributed by atoms with E-state index in [0.29, 0.717) is 25.0 Å². The number of ether oxygens (including phenoxy) is 2. The van der Waals surface area contributed by atoms with Crippen LogP contribution >= 0.6 is 0 Å². The number of nitro benzene ring substituents is 1. The van der Waals surface area contributed by atoms with Gasteiger partial charge in [-0.3, -0.25) is 14.9 Å². The van der Waals surface area contributed by atoms with Crippen LogP contribution in [0.3, 0.4) is 0 Å². The fourth-order valence-corrected chi connectivity index (χ4v) is 2.19. The van der Waals surface area contributed by atoms with Gasteiger partial charge in [0.15, 0.2) is 11.6 Å². The van der Waals surface area contributed by atoms with Crippen LogP contribution < -0.4 is 4.74 Å². The van der Waals surface area contributed by atoms with Crippen LogP contribution in [-0.4, -0.2) is 23.6 Å². The molecule has 0 saturated heterocycles. The standard InChI is InChI=1S/C13H13F2NO5/c1-20-12(17)7-13(3-2-4-13)21-11-6-8(14)10(16(18)19)5-9(11)15/h5-6H,2-4,7H2,1H3. The second-order valence-electron chi connectivity index (χ2n) is 4.88. The SMILES string of the molecule is COC(=O)CC1(Oc2cc(F)c([N+](=O)[O-])cc2F)CCC1. The van der Waals surface area contributed by atoms with Crippen LogP contribution in [-0.2, 0) is 9.53 Å². The van der Waals surface area contributed by atoms with Crippen molar-refractivity contribution in [3.8, 4) is 5.75 Å². The smallest absolute Gasteiger partial charge is 0.309 e. The second-order valence-corrected chi connectivity index (χ2v) is 4.88. The van der Waals surface area contributed by atoms with Crippen molar-refractivity contribution in [3.63, 3.8) is 0 Å². The van der Waals surface area contributed by atoms with E-state index in [-0.39, 0.29) is 6.42 Å². The molecular weight excluding hydrogens is 288 g/mol. The van der Waals surface area contributed by atoms with Gasteiger partial charge in [0.1, 0.15) is 5.60 Å². The van der Waals surface area contributed by atoms with E-state index in [1.807, 2.05) is 0 Å². The summed E-state index contributed by atoms with van der Waals surface area (Å²) in [6.45, 7) is 0. The quantitative estimate of drug-likeness (QED) is 0.474. The highest BCUT2D eigenvalue weighted by atomic mass is 19.1. The summed E-state index contributed by atoms with van der Waals surface area (Å²) in [7, 11) is 1.22. The molecule has 1 aromatic carbocycles. The number of esters is 1. The largest absolute Gasteiger partial charge is 0.483 e. The molecule has 0 amide bonds. The van der Waals surface area contributed by atoms with E-state index in [4.69, 9.17) is 4.74 Å². The van der Waals surface area contributed by atoms with Crippen molar-refractivity contribution in [2.24, 2.45) is 0 Å². The van der Waals surface area contributed by atoms with Gasteiger partial charge in [-0.2, -0.15) is 4.39 Å². The number of nitro groups is 1. The van der Waals surface area contributed by atoms with E-state index in [9.17, 15) is 23.7 Å². The van der Waals surface area contributed by atoms with Crippen LogP contribution in [0.5, 0.6) is 5.75 Å². The molecule has 8 heteroatoms. The molecular formula is C13H13F2NO5. The summed E-state index contributed by atoms with van der Waals surface area (Å²) in [5.74, 6) is -3.19. The highest BCUT2D eigenvalue weighted by molar-refractivity contribution is 5.70. The molecule has 0 bridgehead atoms. The number of halogens is 2. The van der Waals surface area contributed by atoms with Crippen LogP contribution in [0.25, 0.3) is 0 Å². The molecule has 0 radical (unpaired) electrons. The summed E-state index contributed by atoms with van der Waals surface area (Å²) < 4.78 is 37.3. The molecule has 1 saturated carbocycles. The Morgan fingerprint density at radius 3 is 2.52 bits per heavy atom. The number of carbonyl (C=O) groups excluding carboxylic acids is 1. The van der Waals surface area contributed by atoms with Crippen molar-refractivity contribution in [1.82, 2.24) is 0 Å². The van der Waals surface area contributed by atoms with Crippen LogP contribution in [0, 0.1) is 21.7 Å². The summed E-state index contributed by atoms with van der Waals surface area (Å²) >= 11 is 0. The normalized spacial score (nSPS) is 16.0. The van der Waals surface area contributed by atoms with Gasteiger partial charge in [-0.15, -0.1) is 0 Å². The lowest BCUT2D eigenvalue weighted by Crippen LogP contribution is -2.45. The minimum Gasteiger partial charge on any atom is -0.483 e. The summed E-state index contributed by atoms with van der Waals surface area (Å²) in [5.41, 5.74) is -1.90. The third-order valence-corrected chi connectivity index (χ3v) is 3.48. The Kier molecular flexibility index (Phi) is 4.06. The first kappa shape index (κ1) is 15.1. The van der Waals surface area contributed by atoms with Gasteiger partial charge in [-0.1, -0.05) is 0 Å². The number of nitrogens with zero attached hydrogens (tertiary/aromatic N) is 1. The third-order valence-electron chi connectivity index (χ3n) is 3.48. The molecule has 0 N–H and O–H groups in total. The molecule has 1 fully saturated rings. The van der Waals surface area contributed by atoms with Gasteiger partial charge in [-0.25, -0.2) is 4.39 Å². The minimum atomic E-state index is -1.19. The molecule has 21 heavy (non-hydrogen) atoms. The zero-order valence-corrected chi connectivity index (χ0v) is 11.2. The van der Waals surface area contributed by atoms with E-state index in [1.165, 1.54) is 7.11 Å². The van der Waals surface area contributed by atoms with Gasteiger partial charge in [0.05, 0.1) is 24.5 Å². The van der Waals surface area contributed by atoms with Crippen LogP contribution in [0.4, 0.5) is 14.5 Å². The first-order chi connectivity index (χ1) is 9.87. The van der Waals surface area contributed by atoms with Gasteiger partial charge in [-0.05, 0) is 19.3 Å². The monoisotopic (exact) mass is 301 g/mol. The molecule has 0 aromatic heterocycles. The minimum absolute atomic E-state index is 0.0818. The van der Waals surface area contributed by atoms with Crippen molar-refractivity contribution in [2.75, 3.05) is 7.11 Å². The number of rotatable bonds is 5. The molecule has 0 unspecified atom stereocenters. The molecule has 2 rings (SSSR count). The zero-order chi connectivity index (χ0) is 15.6. The zero-order valence-electron chi connectivity index (χ0n) is 11.2. The Labute approximate surface area is 118 Å². The van der Waals surface area contributed by atoms with Gasteiger partial charge in [0.25, 0.3) is 0 Å². The van der Waals surface area contributed by atoms with Crippen molar-refractivity contribution in [2.45, 2.75) is 31.3 Å². The van der Waals surface area contributed by atoms with Crippen molar-refractivity contribution >= 4 is 11.7 Å². The number of benzene rings is 1. The number of carbonyl (C=O) groups is 1. The van der Waals surface area contributed by atoms with Crippen molar-refractivity contribution < 1.29 is 28.0 Å². The van der Waals surface area contributed by atoms with E-state index < -0.39 is 39.6 Å². The molecule has 0 aliphatic heterocycles. The number of hydrogen-bond donors (Lipinski definition) is 0. The highest BCUT2D eigenvalue weighted by Crippen LogP contribution is 2.41. The van der Waals surface area contributed by atoms with Crippen molar-refractivity contribution in [1.29, 1.82) is 0 Å². The fraction of sp³-hybridized carbons (Fsp3) is 0.462. The molecule has 6 nitrogen and oxygen atoms in total. The average molecular weight is 301 g/mol. The fourth-order valence-electron chi connectivity index (χ4n) is 2.19. The van der Waals surface area contributed by atoms with E-state index in [1.54, 1.807) is 0 Å². The maximum atomic E-state index is 13.8. The Balaban J connectivity index is 2.24. The lowest BCUT2D eigenvalue weighted by molar-refractivity contribution is -0.387. The predicted octanol–water partition coefficient (Wildman–Crippen LogP) is 2.74. The molecule has 0 heterocycles. The summed E-state index contributed by atoms with van der Waals surface area (Å²) in [6, 6.07) is 1.10. The molecule has 1 aromatic rings. The number of hydrogen-bond acceptors (Lipinski definition) is 5. The van der Waals surface area contributed by atoms with E-state index in [0.717, 1.165) is 6.42 Å². The lowest BCUT2D eigenvalue weighted by atomic mass is 9.77. The number of methoxy groups -OCH3 is 1. The summed E-state index contributed by atoms with van der Waals surface area (Å²) in [4.78, 5) is 20.8. The van der Waals surface area contributed by atoms with Crippen molar-refractivity contribution in [3.05, 3.63) is 33.9 Å². The van der Waals surface area contributed by atoms with E-state index in [2.05, 4.69) is 4.74 Å². The van der Waals surface area contributed by atoms with Gasteiger partial charge in [0, 0.05) is 6.07 Å². The molecule has 0 atom stereocenters. The Hall–Kier alpha value is -2.25. The topological polar surface area (TPSA) is 78.7 Å². The predicted molar refractivity (Wildman–Crippen MR) is 66.9 cm³/mol. The molecule has 114 valence electrons. The highest BCUT2D eigenvalue weighted by Gasteiger charge is 2.42. The Morgan fingerprint density at radius 2 is 2.05 bits per heavy atom. The maximum Gasteiger partial charge on any atom is 0.309 e. The molecule has 1 aliphatic rings. The summed E-state index contributed by atoms with van der Waals surface area (Å²) in [5, 5.41) is 10.5.